The highest BCUT2D eigenvalue weighted by molar-refractivity contribution is 6.31. The van der Waals surface area contributed by atoms with Crippen LogP contribution in [0.15, 0.2) is 42.5 Å². The van der Waals surface area contributed by atoms with Gasteiger partial charge in [-0.25, -0.2) is 0 Å². The van der Waals surface area contributed by atoms with E-state index in [1.54, 1.807) is 30.1 Å². The zero-order chi connectivity index (χ0) is 15.4. The zero-order valence-electron chi connectivity index (χ0n) is 12.3. The first-order valence-corrected chi connectivity index (χ1v) is 7.27. The van der Waals surface area contributed by atoms with Gasteiger partial charge < -0.3 is 10.6 Å². The van der Waals surface area contributed by atoms with Crippen LogP contribution in [-0.2, 0) is 13.0 Å². The number of hydrogen-bond acceptors (Lipinski definition) is 2. The Morgan fingerprint density at radius 1 is 1.19 bits per heavy atom. The lowest BCUT2D eigenvalue weighted by molar-refractivity contribution is 0.0785. The molecule has 2 aromatic carbocycles. The summed E-state index contributed by atoms with van der Waals surface area (Å²) in [5.74, 6) is -0.0313. The van der Waals surface area contributed by atoms with Crippen molar-refractivity contribution in [3.8, 4) is 0 Å². The van der Waals surface area contributed by atoms with E-state index < -0.39 is 0 Å². The Morgan fingerprint density at radius 3 is 2.48 bits per heavy atom. The van der Waals surface area contributed by atoms with Gasteiger partial charge in [0.2, 0.25) is 0 Å². The van der Waals surface area contributed by atoms with Crippen molar-refractivity contribution in [2.75, 3.05) is 12.8 Å². The van der Waals surface area contributed by atoms with Crippen molar-refractivity contribution in [2.45, 2.75) is 19.9 Å². The molecule has 2 aromatic rings. The topological polar surface area (TPSA) is 46.3 Å². The van der Waals surface area contributed by atoms with Gasteiger partial charge in [0, 0.05) is 29.9 Å². The van der Waals surface area contributed by atoms with Crippen molar-refractivity contribution in [1.29, 1.82) is 0 Å². The van der Waals surface area contributed by atoms with Gasteiger partial charge in [-0.2, -0.15) is 0 Å². The third kappa shape index (κ3) is 3.76. The number of aryl methyl sites for hydroxylation is 1. The van der Waals surface area contributed by atoms with Gasteiger partial charge in [-0.3, -0.25) is 4.79 Å². The zero-order valence-corrected chi connectivity index (χ0v) is 13.0. The summed E-state index contributed by atoms with van der Waals surface area (Å²) < 4.78 is 0. The minimum absolute atomic E-state index is 0.0313. The van der Waals surface area contributed by atoms with E-state index in [1.165, 1.54) is 5.56 Å². The second-order valence-corrected chi connectivity index (χ2v) is 5.47. The van der Waals surface area contributed by atoms with E-state index in [1.807, 2.05) is 24.3 Å². The molecule has 0 spiro atoms. The maximum atomic E-state index is 12.4. The molecule has 3 nitrogen and oxygen atoms in total. The molecule has 110 valence electrons. The molecule has 0 aliphatic rings. The number of anilines is 1. The molecule has 0 fully saturated rings. The van der Waals surface area contributed by atoms with Gasteiger partial charge in [-0.15, -0.1) is 0 Å². The average Bonchev–Trinajstić information content (AvgIpc) is 2.50. The molecule has 0 aliphatic carbocycles. The van der Waals surface area contributed by atoms with Crippen LogP contribution in [-0.4, -0.2) is 17.9 Å². The number of hydrogen-bond donors (Lipinski definition) is 1. The van der Waals surface area contributed by atoms with Crippen LogP contribution in [0, 0.1) is 0 Å². The summed E-state index contributed by atoms with van der Waals surface area (Å²) in [6.07, 6.45) is 0.962. The lowest BCUT2D eigenvalue weighted by atomic mass is 10.1. The average molecular weight is 303 g/mol. The summed E-state index contributed by atoms with van der Waals surface area (Å²) in [6.45, 7) is 2.52. The van der Waals surface area contributed by atoms with E-state index >= 15 is 0 Å². The molecule has 0 atom stereocenters. The second-order valence-electron chi connectivity index (χ2n) is 5.06. The van der Waals surface area contributed by atoms with Crippen LogP contribution in [0.1, 0.15) is 28.4 Å². The quantitative estimate of drug-likeness (QED) is 0.874. The molecule has 21 heavy (non-hydrogen) atoms. The third-order valence-electron chi connectivity index (χ3n) is 3.43. The van der Waals surface area contributed by atoms with Crippen molar-refractivity contribution in [1.82, 2.24) is 4.90 Å². The number of nitrogen functional groups attached to an aromatic ring is 1. The predicted octanol–water partition coefficient (Wildman–Crippen LogP) is 3.76. The largest absolute Gasteiger partial charge is 0.399 e. The molecular formula is C17H19ClN2O. The smallest absolute Gasteiger partial charge is 0.253 e. The summed E-state index contributed by atoms with van der Waals surface area (Å²) >= 11 is 6.14. The van der Waals surface area contributed by atoms with Crippen LogP contribution in [0.25, 0.3) is 0 Å². The van der Waals surface area contributed by atoms with Crippen molar-refractivity contribution in [2.24, 2.45) is 0 Å². The highest BCUT2D eigenvalue weighted by Crippen LogP contribution is 2.21. The van der Waals surface area contributed by atoms with Gasteiger partial charge in [-0.05, 0) is 47.9 Å². The molecule has 2 N–H and O–H groups in total. The van der Waals surface area contributed by atoms with Gasteiger partial charge in [0.15, 0.2) is 0 Å². The number of nitrogens with two attached hydrogens (primary N) is 1. The van der Waals surface area contributed by atoms with E-state index in [0.29, 0.717) is 22.8 Å². The number of carbonyl (C=O) groups is 1. The minimum atomic E-state index is -0.0313. The first kappa shape index (κ1) is 15.4. The van der Waals surface area contributed by atoms with Gasteiger partial charge in [0.1, 0.15) is 0 Å². The van der Waals surface area contributed by atoms with E-state index in [4.69, 9.17) is 17.3 Å². The van der Waals surface area contributed by atoms with Crippen molar-refractivity contribution >= 4 is 23.2 Å². The second kappa shape index (κ2) is 6.64. The monoisotopic (exact) mass is 302 g/mol. The summed E-state index contributed by atoms with van der Waals surface area (Å²) in [6, 6.07) is 13.0. The fourth-order valence-corrected chi connectivity index (χ4v) is 2.32. The van der Waals surface area contributed by atoms with Gasteiger partial charge in [0.05, 0.1) is 0 Å². The first-order valence-electron chi connectivity index (χ1n) is 6.89. The standard InChI is InChI=1S/C17H19ClN2O/c1-3-12-4-6-13(7-5-12)17(21)20(2)11-14-10-15(19)8-9-16(14)18/h4-10H,3,11,19H2,1-2H3. The molecule has 0 radical (unpaired) electrons. The minimum Gasteiger partial charge on any atom is -0.399 e. The number of rotatable bonds is 4. The Bertz CT molecular complexity index is 638. The molecular weight excluding hydrogens is 284 g/mol. The summed E-state index contributed by atoms with van der Waals surface area (Å²) in [7, 11) is 1.76. The SMILES string of the molecule is CCc1ccc(C(=O)N(C)Cc2cc(N)ccc2Cl)cc1. The summed E-state index contributed by atoms with van der Waals surface area (Å²) in [4.78, 5) is 14.0. The van der Waals surface area contributed by atoms with Crippen LogP contribution >= 0.6 is 11.6 Å². The van der Waals surface area contributed by atoms with E-state index in [9.17, 15) is 4.79 Å². The van der Waals surface area contributed by atoms with Gasteiger partial charge >= 0.3 is 0 Å². The number of amides is 1. The lowest BCUT2D eigenvalue weighted by Gasteiger charge is -2.18. The fraction of sp³-hybridized carbons (Fsp3) is 0.235. The molecule has 0 saturated heterocycles. The lowest BCUT2D eigenvalue weighted by Crippen LogP contribution is -2.26. The van der Waals surface area contributed by atoms with Crippen LogP contribution in [0.5, 0.6) is 0 Å². The number of carbonyl (C=O) groups excluding carboxylic acids is 1. The fourth-order valence-electron chi connectivity index (χ4n) is 2.15. The van der Waals surface area contributed by atoms with E-state index in [-0.39, 0.29) is 5.91 Å². The molecule has 4 heteroatoms. The molecule has 0 aliphatic heterocycles. The molecule has 0 heterocycles. The van der Waals surface area contributed by atoms with Crippen molar-refractivity contribution in [3.05, 3.63) is 64.2 Å². The van der Waals surface area contributed by atoms with Gasteiger partial charge in [-0.1, -0.05) is 30.7 Å². The molecule has 0 aromatic heterocycles. The Hall–Kier alpha value is -2.00. The summed E-state index contributed by atoms with van der Waals surface area (Å²) in [5.41, 5.74) is 9.14. The molecule has 0 saturated carbocycles. The highest BCUT2D eigenvalue weighted by atomic mass is 35.5. The van der Waals surface area contributed by atoms with Gasteiger partial charge in [0.25, 0.3) is 5.91 Å². The number of halogens is 1. The Balaban J connectivity index is 2.13. The number of nitrogens with zero attached hydrogens (tertiary/aromatic N) is 1. The predicted molar refractivity (Wildman–Crippen MR) is 87.5 cm³/mol. The molecule has 2 rings (SSSR count). The van der Waals surface area contributed by atoms with Crippen molar-refractivity contribution in [3.63, 3.8) is 0 Å². The molecule has 1 amide bonds. The van der Waals surface area contributed by atoms with Crippen molar-refractivity contribution < 1.29 is 4.79 Å². The van der Waals surface area contributed by atoms with Crippen LogP contribution < -0.4 is 5.73 Å². The molecule has 0 unspecified atom stereocenters. The first-order chi connectivity index (χ1) is 10.0. The van der Waals surface area contributed by atoms with E-state index in [2.05, 4.69) is 6.92 Å². The highest BCUT2D eigenvalue weighted by Gasteiger charge is 2.13. The Kier molecular flexibility index (Phi) is 4.86. The normalized spacial score (nSPS) is 10.4. The van der Waals surface area contributed by atoms with Crippen LogP contribution in [0.4, 0.5) is 5.69 Å². The third-order valence-corrected chi connectivity index (χ3v) is 3.80. The number of benzene rings is 2. The molecule has 0 bridgehead atoms. The van der Waals surface area contributed by atoms with Crippen LogP contribution in [0.2, 0.25) is 5.02 Å². The Labute approximate surface area is 130 Å². The Morgan fingerprint density at radius 2 is 1.86 bits per heavy atom. The maximum absolute atomic E-state index is 12.4. The van der Waals surface area contributed by atoms with Crippen LogP contribution in [0.3, 0.4) is 0 Å². The maximum Gasteiger partial charge on any atom is 0.253 e. The summed E-state index contributed by atoms with van der Waals surface area (Å²) in [5, 5.41) is 0.616. The van der Waals surface area contributed by atoms with E-state index in [0.717, 1.165) is 12.0 Å².